The molecule has 0 atom stereocenters. The van der Waals surface area contributed by atoms with Crippen LogP contribution in [0.3, 0.4) is 0 Å². The minimum Gasteiger partial charge on any atom is -0.399 e. The molecule has 0 bridgehead atoms. The van der Waals surface area contributed by atoms with Crippen molar-refractivity contribution >= 4 is 17.9 Å². The van der Waals surface area contributed by atoms with E-state index in [0.29, 0.717) is 11.3 Å². The number of nitrogens with two attached hydrogens (primary N) is 1. The van der Waals surface area contributed by atoms with E-state index < -0.39 is 0 Å². The van der Waals surface area contributed by atoms with Crippen LogP contribution in [-0.4, -0.2) is 6.29 Å². The normalized spacial score (nSPS) is 12.3. The molecular weight excluding hydrogens is 198 g/mol. The van der Waals surface area contributed by atoms with E-state index in [1.807, 2.05) is 0 Å². The van der Waals surface area contributed by atoms with Crippen LogP contribution in [0.15, 0.2) is 35.0 Å². The molecule has 0 saturated heterocycles. The highest BCUT2D eigenvalue weighted by atomic mass is 35.5. The third kappa shape index (κ3) is 13.6. The summed E-state index contributed by atoms with van der Waals surface area (Å²) in [5, 5.41) is 0. The number of carbonyl (C=O) groups is 1. The van der Waals surface area contributed by atoms with Gasteiger partial charge in [0.15, 0.2) is 0 Å². The number of rotatable bonds is 3. The molecule has 0 aliphatic rings. The first-order valence-corrected chi connectivity index (χ1v) is 4.91. The summed E-state index contributed by atoms with van der Waals surface area (Å²) in [7, 11) is 0. The fraction of sp³-hybridized carbons (Fsp3) is 0.364. The van der Waals surface area contributed by atoms with Crippen LogP contribution in [0.4, 0.5) is 0 Å². The van der Waals surface area contributed by atoms with E-state index in [1.54, 1.807) is 19.1 Å². The average Bonchev–Trinajstić information content (AvgIpc) is 2.16. The molecule has 80 valence electrons. The van der Waals surface area contributed by atoms with Crippen molar-refractivity contribution in [1.29, 1.82) is 0 Å². The van der Waals surface area contributed by atoms with Gasteiger partial charge in [-0.25, -0.2) is 0 Å². The molecule has 0 aromatic rings. The topological polar surface area (TPSA) is 43.1 Å². The van der Waals surface area contributed by atoms with Crippen LogP contribution in [-0.2, 0) is 4.79 Å². The quantitative estimate of drug-likeness (QED) is 0.447. The van der Waals surface area contributed by atoms with Gasteiger partial charge in [-0.15, -0.1) is 0 Å². The number of aldehydes is 1. The summed E-state index contributed by atoms with van der Waals surface area (Å²) >= 11 is 5.25. The predicted molar refractivity (Wildman–Crippen MR) is 63.0 cm³/mol. The second kappa shape index (κ2) is 12.0. The summed E-state index contributed by atoms with van der Waals surface area (Å²) in [4.78, 5) is 10.1. The first-order valence-electron chi connectivity index (χ1n) is 4.48. The number of hydrogen-bond donors (Lipinski definition) is 1. The standard InChI is InChI=1S/C8H10ClNO.C3H8/c1-7(6-11)2-3-8(10)4-5-9;1-3-2/h2-6H,10H2,1H3;3H2,1-2H3/b5-4+,7-2+,8-3+;. The zero-order chi connectivity index (χ0) is 11.4. The van der Waals surface area contributed by atoms with E-state index in [-0.39, 0.29) is 0 Å². The molecule has 0 aromatic carbocycles. The highest BCUT2D eigenvalue weighted by molar-refractivity contribution is 6.25. The van der Waals surface area contributed by atoms with Crippen molar-refractivity contribution in [2.75, 3.05) is 0 Å². The lowest BCUT2D eigenvalue weighted by atomic mass is 10.3. The summed E-state index contributed by atoms with van der Waals surface area (Å²) in [6.45, 7) is 5.95. The highest BCUT2D eigenvalue weighted by Gasteiger charge is 1.81. The lowest BCUT2D eigenvalue weighted by Crippen LogP contribution is -1.90. The third-order valence-electron chi connectivity index (χ3n) is 0.980. The first-order chi connectivity index (χ1) is 6.62. The predicted octanol–water partition coefficient (Wildman–Crippen LogP) is 3.14. The molecule has 2 N–H and O–H groups in total. The summed E-state index contributed by atoms with van der Waals surface area (Å²) in [5.74, 6) is 0. The van der Waals surface area contributed by atoms with Crippen LogP contribution in [0.2, 0.25) is 0 Å². The summed E-state index contributed by atoms with van der Waals surface area (Å²) < 4.78 is 0. The molecule has 0 heterocycles. The zero-order valence-corrected chi connectivity index (χ0v) is 9.71. The van der Waals surface area contributed by atoms with Gasteiger partial charge in [-0.1, -0.05) is 37.9 Å². The molecule has 0 radical (unpaired) electrons. The Balaban J connectivity index is 0. The number of halogens is 1. The smallest absolute Gasteiger partial charge is 0.145 e. The fourth-order valence-corrected chi connectivity index (χ4v) is 0.541. The van der Waals surface area contributed by atoms with Crippen molar-refractivity contribution < 1.29 is 4.79 Å². The van der Waals surface area contributed by atoms with Gasteiger partial charge in [-0.05, 0) is 24.6 Å². The molecule has 0 aromatic heterocycles. The van der Waals surface area contributed by atoms with Gasteiger partial charge in [-0.2, -0.15) is 0 Å². The molecule has 0 amide bonds. The second-order valence-corrected chi connectivity index (χ2v) is 2.95. The van der Waals surface area contributed by atoms with Gasteiger partial charge in [0.1, 0.15) is 6.29 Å². The van der Waals surface area contributed by atoms with Crippen molar-refractivity contribution in [1.82, 2.24) is 0 Å². The van der Waals surface area contributed by atoms with Gasteiger partial charge in [0, 0.05) is 11.2 Å². The lowest BCUT2D eigenvalue weighted by molar-refractivity contribution is -0.104. The summed E-state index contributed by atoms with van der Waals surface area (Å²) in [6, 6.07) is 0. The second-order valence-electron chi connectivity index (χ2n) is 2.69. The van der Waals surface area contributed by atoms with Crippen LogP contribution >= 0.6 is 11.6 Å². The van der Waals surface area contributed by atoms with Gasteiger partial charge in [0.2, 0.25) is 0 Å². The average molecular weight is 216 g/mol. The van der Waals surface area contributed by atoms with Crippen molar-refractivity contribution in [3.63, 3.8) is 0 Å². The molecule has 0 saturated carbocycles. The molecule has 0 spiro atoms. The van der Waals surface area contributed by atoms with E-state index >= 15 is 0 Å². The van der Waals surface area contributed by atoms with Crippen LogP contribution in [0.1, 0.15) is 27.2 Å². The largest absolute Gasteiger partial charge is 0.399 e. The molecule has 0 rings (SSSR count). The van der Waals surface area contributed by atoms with Crippen LogP contribution in [0.5, 0.6) is 0 Å². The van der Waals surface area contributed by atoms with Crippen LogP contribution in [0, 0.1) is 0 Å². The van der Waals surface area contributed by atoms with Crippen molar-refractivity contribution in [2.24, 2.45) is 5.73 Å². The minimum absolute atomic E-state index is 0.515. The van der Waals surface area contributed by atoms with Crippen molar-refractivity contribution in [3.8, 4) is 0 Å². The van der Waals surface area contributed by atoms with Crippen molar-refractivity contribution in [2.45, 2.75) is 27.2 Å². The molecule has 0 aliphatic carbocycles. The molecule has 0 unspecified atom stereocenters. The monoisotopic (exact) mass is 215 g/mol. The van der Waals surface area contributed by atoms with Crippen LogP contribution < -0.4 is 5.73 Å². The maximum absolute atomic E-state index is 10.1. The number of allylic oxidation sites excluding steroid dienone is 4. The van der Waals surface area contributed by atoms with E-state index in [4.69, 9.17) is 17.3 Å². The molecule has 2 nitrogen and oxygen atoms in total. The first kappa shape index (κ1) is 15.5. The fourth-order valence-electron chi connectivity index (χ4n) is 0.395. The summed E-state index contributed by atoms with van der Waals surface area (Å²) in [5.41, 5.74) is 7.87. The molecule has 14 heavy (non-hydrogen) atoms. The SMILES string of the molecule is CCC.C\C(C=O)=C/C=C(N)\C=C\Cl. The van der Waals surface area contributed by atoms with Gasteiger partial charge >= 0.3 is 0 Å². The van der Waals surface area contributed by atoms with E-state index in [9.17, 15) is 4.79 Å². The summed E-state index contributed by atoms with van der Waals surface area (Å²) in [6.07, 6.45) is 6.78. The van der Waals surface area contributed by atoms with Crippen molar-refractivity contribution in [3.05, 3.63) is 35.0 Å². The molecular formula is C11H18ClNO. The van der Waals surface area contributed by atoms with Gasteiger partial charge in [-0.3, -0.25) is 4.79 Å². The Morgan fingerprint density at radius 2 is 1.86 bits per heavy atom. The zero-order valence-electron chi connectivity index (χ0n) is 8.96. The Kier molecular flexibility index (Phi) is 13.2. The maximum Gasteiger partial charge on any atom is 0.145 e. The Bertz CT molecular complexity index is 229. The van der Waals surface area contributed by atoms with E-state index in [1.165, 1.54) is 18.0 Å². The highest BCUT2D eigenvalue weighted by Crippen LogP contribution is 1.93. The Morgan fingerprint density at radius 1 is 1.36 bits per heavy atom. The lowest BCUT2D eigenvalue weighted by Gasteiger charge is -1.87. The minimum atomic E-state index is 0.515. The number of carbonyl (C=O) groups excluding carboxylic acids is 1. The van der Waals surface area contributed by atoms with Gasteiger partial charge in [0.05, 0.1) is 0 Å². The van der Waals surface area contributed by atoms with Gasteiger partial charge in [0.25, 0.3) is 0 Å². The Labute approximate surface area is 91.1 Å². The molecule has 0 aliphatic heterocycles. The maximum atomic E-state index is 10.1. The number of hydrogen-bond acceptors (Lipinski definition) is 2. The van der Waals surface area contributed by atoms with Gasteiger partial charge < -0.3 is 5.73 Å². The Hall–Kier alpha value is -1.02. The third-order valence-corrected chi connectivity index (χ3v) is 1.11. The molecule has 3 heteroatoms. The Morgan fingerprint density at radius 3 is 2.21 bits per heavy atom. The van der Waals surface area contributed by atoms with E-state index in [2.05, 4.69) is 13.8 Å². The molecule has 0 fully saturated rings. The van der Waals surface area contributed by atoms with E-state index in [0.717, 1.165) is 6.29 Å². The van der Waals surface area contributed by atoms with Crippen LogP contribution in [0.25, 0.3) is 0 Å².